The third-order valence-corrected chi connectivity index (χ3v) is 6.21. The first-order valence-corrected chi connectivity index (χ1v) is 9.37. The monoisotopic (exact) mass is 365 g/mol. The van der Waals surface area contributed by atoms with Crippen molar-refractivity contribution in [1.82, 2.24) is 4.90 Å². The van der Waals surface area contributed by atoms with E-state index in [9.17, 15) is 10.2 Å². The van der Waals surface area contributed by atoms with E-state index in [1.165, 1.54) is 0 Å². The lowest BCUT2D eigenvalue weighted by molar-refractivity contribution is 0.0552. The lowest BCUT2D eigenvalue weighted by atomic mass is 9.83. The summed E-state index contributed by atoms with van der Waals surface area (Å²) in [5, 5.41) is 25.6. The normalized spacial score (nSPS) is 22.0. The van der Waals surface area contributed by atoms with Crippen molar-refractivity contribution in [1.29, 1.82) is 0 Å². The molecule has 5 rings (SSSR count). The van der Waals surface area contributed by atoms with Gasteiger partial charge in [-0.1, -0.05) is 6.07 Å². The average molecular weight is 365 g/mol. The molecule has 1 fully saturated rings. The molecule has 0 amide bonds. The van der Waals surface area contributed by atoms with Gasteiger partial charge >= 0.3 is 0 Å². The summed E-state index contributed by atoms with van der Waals surface area (Å²) < 4.78 is 10.8. The maximum Gasteiger partial charge on any atom is 0.161 e. The fourth-order valence-corrected chi connectivity index (χ4v) is 4.93. The fraction of sp³-hybridized carbons (Fsp3) is 0.364. The first kappa shape index (κ1) is 16.7. The zero-order chi connectivity index (χ0) is 18.7. The molecule has 27 heavy (non-hydrogen) atoms. The van der Waals surface area contributed by atoms with Gasteiger partial charge in [-0.15, -0.1) is 0 Å². The second-order valence-corrected chi connectivity index (χ2v) is 7.50. The highest BCUT2D eigenvalue weighted by Crippen LogP contribution is 2.47. The number of fused-ring (bicyclic) bond motifs is 7. The lowest BCUT2D eigenvalue weighted by Crippen LogP contribution is -2.39. The topological polar surface area (TPSA) is 62.2 Å². The van der Waals surface area contributed by atoms with Crippen molar-refractivity contribution < 1.29 is 19.7 Å². The molecule has 3 aromatic rings. The average Bonchev–Trinajstić information content (AvgIpc) is 3.16. The van der Waals surface area contributed by atoms with Crippen molar-refractivity contribution >= 4 is 21.5 Å². The first-order valence-electron chi connectivity index (χ1n) is 9.37. The quantitative estimate of drug-likeness (QED) is 0.678. The molecule has 0 unspecified atom stereocenters. The van der Waals surface area contributed by atoms with E-state index in [2.05, 4.69) is 4.90 Å². The molecule has 0 spiro atoms. The minimum absolute atomic E-state index is 0.115. The van der Waals surface area contributed by atoms with Crippen LogP contribution in [-0.2, 0) is 6.54 Å². The molecule has 0 aliphatic carbocycles. The predicted octanol–water partition coefficient (Wildman–Crippen LogP) is 3.73. The minimum Gasteiger partial charge on any atom is -0.504 e. The number of phenols is 1. The van der Waals surface area contributed by atoms with E-state index < -0.39 is 6.10 Å². The summed E-state index contributed by atoms with van der Waals surface area (Å²) in [6.45, 7) is 1.82. The van der Waals surface area contributed by atoms with Crippen LogP contribution in [0, 0.1) is 0 Å². The highest BCUT2D eigenvalue weighted by Gasteiger charge is 2.38. The second kappa shape index (κ2) is 6.01. The Morgan fingerprint density at radius 3 is 2.59 bits per heavy atom. The SMILES string of the molecule is COc1ccc2c3c(c4cc(OC)c(O)cc4c2c1)CN1CCC[C@@H]1[C@H]3O. The summed E-state index contributed by atoms with van der Waals surface area (Å²) in [5.74, 6) is 1.32. The van der Waals surface area contributed by atoms with E-state index in [-0.39, 0.29) is 11.8 Å². The predicted molar refractivity (Wildman–Crippen MR) is 105 cm³/mol. The van der Waals surface area contributed by atoms with E-state index in [0.29, 0.717) is 5.75 Å². The molecule has 140 valence electrons. The molecule has 1 saturated heterocycles. The van der Waals surface area contributed by atoms with Crippen molar-refractivity contribution in [3.05, 3.63) is 41.5 Å². The number of rotatable bonds is 2. The number of benzene rings is 3. The van der Waals surface area contributed by atoms with Crippen molar-refractivity contribution in [3.63, 3.8) is 0 Å². The van der Waals surface area contributed by atoms with Crippen LogP contribution >= 0.6 is 0 Å². The van der Waals surface area contributed by atoms with Crippen molar-refractivity contribution in [2.24, 2.45) is 0 Å². The van der Waals surface area contributed by atoms with Crippen molar-refractivity contribution in [2.75, 3.05) is 20.8 Å². The number of aliphatic hydroxyl groups is 1. The molecule has 2 aliphatic heterocycles. The van der Waals surface area contributed by atoms with E-state index in [1.54, 1.807) is 20.3 Å². The standard InChI is InChI=1S/C22H23NO4/c1-26-12-5-6-13-14(8-12)15-9-19(24)20(27-2)10-16(15)17-11-23-7-3-4-18(23)22(25)21(13)17/h5-6,8-10,18,22,24-25H,3-4,7,11H2,1-2H3/t18-,22-/m1/s1. The molecule has 5 nitrogen and oxygen atoms in total. The second-order valence-electron chi connectivity index (χ2n) is 7.50. The van der Waals surface area contributed by atoms with Crippen LogP contribution in [0.25, 0.3) is 21.5 Å². The van der Waals surface area contributed by atoms with E-state index >= 15 is 0 Å². The third-order valence-electron chi connectivity index (χ3n) is 6.21. The van der Waals surface area contributed by atoms with Crippen LogP contribution in [0.1, 0.15) is 30.1 Å². The van der Waals surface area contributed by atoms with Crippen molar-refractivity contribution in [3.8, 4) is 17.2 Å². The van der Waals surface area contributed by atoms with Gasteiger partial charge in [-0.2, -0.15) is 0 Å². The molecule has 2 heterocycles. The summed E-state index contributed by atoms with van der Waals surface area (Å²) in [6, 6.07) is 9.79. The van der Waals surface area contributed by atoms with Gasteiger partial charge in [0.15, 0.2) is 11.5 Å². The summed E-state index contributed by atoms with van der Waals surface area (Å²) in [6.07, 6.45) is 1.62. The number of hydrogen-bond donors (Lipinski definition) is 2. The highest BCUT2D eigenvalue weighted by atomic mass is 16.5. The summed E-state index contributed by atoms with van der Waals surface area (Å²) >= 11 is 0. The summed E-state index contributed by atoms with van der Waals surface area (Å²) in [4.78, 5) is 2.38. The smallest absolute Gasteiger partial charge is 0.161 e. The number of nitrogens with zero attached hydrogens (tertiary/aromatic N) is 1. The van der Waals surface area contributed by atoms with Crippen LogP contribution in [0.5, 0.6) is 17.2 Å². The zero-order valence-electron chi connectivity index (χ0n) is 15.5. The minimum atomic E-state index is -0.517. The number of methoxy groups -OCH3 is 2. The van der Waals surface area contributed by atoms with Gasteiger partial charge in [-0.25, -0.2) is 0 Å². The van der Waals surface area contributed by atoms with Crippen LogP contribution in [0.15, 0.2) is 30.3 Å². The molecule has 3 aromatic carbocycles. The number of ether oxygens (including phenoxy) is 2. The number of aliphatic hydroxyl groups excluding tert-OH is 1. The Kier molecular flexibility index (Phi) is 3.71. The molecular formula is C22H23NO4. The maximum atomic E-state index is 11.2. The lowest BCUT2D eigenvalue weighted by Gasteiger charge is -2.37. The molecule has 0 radical (unpaired) electrons. The molecule has 2 aliphatic rings. The highest BCUT2D eigenvalue weighted by molar-refractivity contribution is 6.12. The molecule has 0 bridgehead atoms. The van der Waals surface area contributed by atoms with E-state index in [0.717, 1.165) is 64.4 Å². The van der Waals surface area contributed by atoms with Gasteiger partial charge in [-0.05, 0) is 76.3 Å². The van der Waals surface area contributed by atoms with Gasteiger partial charge in [0, 0.05) is 12.6 Å². The Morgan fingerprint density at radius 1 is 1.00 bits per heavy atom. The Morgan fingerprint density at radius 2 is 1.81 bits per heavy atom. The van der Waals surface area contributed by atoms with Crippen molar-refractivity contribution in [2.45, 2.75) is 31.5 Å². The van der Waals surface area contributed by atoms with Crippen LogP contribution in [-0.4, -0.2) is 41.9 Å². The molecule has 5 heteroatoms. The van der Waals surface area contributed by atoms with Gasteiger partial charge in [0.05, 0.1) is 20.3 Å². The van der Waals surface area contributed by atoms with Gasteiger partial charge in [0.1, 0.15) is 5.75 Å². The number of aromatic hydroxyl groups is 1. The molecule has 0 aromatic heterocycles. The van der Waals surface area contributed by atoms with Gasteiger partial charge in [0.25, 0.3) is 0 Å². The van der Waals surface area contributed by atoms with Crippen LogP contribution in [0.4, 0.5) is 0 Å². The van der Waals surface area contributed by atoms with E-state index in [1.807, 2.05) is 24.3 Å². The van der Waals surface area contributed by atoms with Gasteiger partial charge in [0.2, 0.25) is 0 Å². The number of hydrogen-bond acceptors (Lipinski definition) is 5. The molecule has 0 saturated carbocycles. The number of phenolic OH excluding ortho intramolecular Hbond substituents is 1. The maximum absolute atomic E-state index is 11.2. The molecule has 2 atom stereocenters. The van der Waals surface area contributed by atoms with Crippen LogP contribution in [0.3, 0.4) is 0 Å². The Hall–Kier alpha value is -2.50. The fourth-order valence-electron chi connectivity index (χ4n) is 4.93. The molecular weight excluding hydrogens is 342 g/mol. The zero-order valence-corrected chi connectivity index (χ0v) is 15.5. The Labute approximate surface area is 157 Å². The third kappa shape index (κ3) is 2.32. The van der Waals surface area contributed by atoms with Gasteiger partial charge < -0.3 is 19.7 Å². The molecule has 2 N–H and O–H groups in total. The first-order chi connectivity index (χ1) is 13.1. The van der Waals surface area contributed by atoms with Gasteiger partial charge in [-0.3, -0.25) is 4.90 Å². The Bertz CT molecular complexity index is 1060. The van der Waals surface area contributed by atoms with E-state index in [4.69, 9.17) is 9.47 Å². The summed E-state index contributed by atoms with van der Waals surface area (Å²) in [7, 11) is 3.20. The van der Waals surface area contributed by atoms with Crippen LogP contribution < -0.4 is 9.47 Å². The van der Waals surface area contributed by atoms with Crippen LogP contribution in [0.2, 0.25) is 0 Å². The largest absolute Gasteiger partial charge is 0.504 e. The summed E-state index contributed by atoms with van der Waals surface area (Å²) in [5.41, 5.74) is 2.14. The Balaban J connectivity index is 1.92.